The average Bonchev–Trinajstić information content (AvgIpc) is 2.45. The highest BCUT2D eigenvalue weighted by molar-refractivity contribution is 6.03. The Hall–Kier alpha value is -2.24. The number of benzene rings is 1. The zero-order valence-corrected chi connectivity index (χ0v) is 11.1. The predicted octanol–water partition coefficient (Wildman–Crippen LogP) is 0.342. The van der Waals surface area contributed by atoms with Gasteiger partial charge in [-0.05, 0) is 12.1 Å². The number of fused-ring (bicyclic) bond motifs is 1. The van der Waals surface area contributed by atoms with E-state index >= 15 is 0 Å². The van der Waals surface area contributed by atoms with Crippen molar-refractivity contribution < 1.29 is 9.59 Å². The number of carbonyl (C=O) groups is 2. The Kier molecular flexibility index (Phi) is 3.89. The molecule has 1 aromatic rings. The van der Waals surface area contributed by atoms with E-state index in [2.05, 4.69) is 16.0 Å². The maximum atomic E-state index is 12.3. The highest BCUT2D eigenvalue weighted by atomic mass is 16.2. The summed E-state index contributed by atoms with van der Waals surface area (Å²) in [5.41, 5.74) is 2.31. The first-order valence-electron chi connectivity index (χ1n) is 6.20. The van der Waals surface area contributed by atoms with Gasteiger partial charge in [0.1, 0.15) is 0 Å². The number of amides is 2. The van der Waals surface area contributed by atoms with Gasteiger partial charge in [0.25, 0.3) is 5.91 Å². The van der Waals surface area contributed by atoms with Crippen LogP contribution in [0.5, 0.6) is 0 Å². The third-order valence-corrected chi connectivity index (χ3v) is 3.04. The molecule has 0 radical (unpaired) electrons. The summed E-state index contributed by atoms with van der Waals surface area (Å²) < 4.78 is 0. The molecule has 19 heavy (non-hydrogen) atoms. The van der Waals surface area contributed by atoms with Crippen molar-refractivity contribution in [2.45, 2.75) is 0 Å². The first-order valence-corrected chi connectivity index (χ1v) is 6.20. The smallest absolute Gasteiger partial charge is 0.256 e. The molecule has 0 saturated carbocycles. The molecular weight excluding hydrogens is 244 g/mol. The average molecular weight is 262 g/mol. The van der Waals surface area contributed by atoms with Gasteiger partial charge in [-0.1, -0.05) is 6.07 Å². The third kappa shape index (κ3) is 2.78. The molecule has 1 heterocycles. The Balaban J connectivity index is 2.21. The molecule has 0 unspecified atom stereocenters. The number of carbonyl (C=O) groups excluding carboxylic acids is 2. The van der Waals surface area contributed by atoms with Gasteiger partial charge in [0, 0.05) is 27.2 Å². The minimum atomic E-state index is -0.188. The van der Waals surface area contributed by atoms with Gasteiger partial charge >= 0.3 is 0 Å². The number of hydrogen-bond donors (Lipinski definition) is 3. The van der Waals surface area contributed by atoms with Gasteiger partial charge in [-0.15, -0.1) is 0 Å². The van der Waals surface area contributed by atoms with Crippen LogP contribution < -0.4 is 16.0 Å². The fourth-order valence-corrected chi connectivity index (χ4v) is 2.02. The summed E-state index contributed by atoms with van der Waals surface area (Å²) in [6.07, 6.45) is 0. The fraction of sp³-hybridized carbons (Fsp3) is 0.385. The first kappa shape index (κ1) is 13.2. The largest absolute Gasteiger partial charge is 0.382 e. The predicted molar refractivity (Wildman–Crippen MR) is 74.4 cm³/mol. The van der Waals surface area contributed by atoms with E-state index < -0.39 is 0 Å². The van der Waals surface area contributed by atoms with Crippen molar-refractivity contribution in [3.8, 4) is 0 Å². The van der Waals surface area contributed by atoms with Crippen LogP contribution in [0.3, 0.4) is 0 Å². The van der Waals surface area contributed by atoms with Crippen LogP contribution in [0.15, 0.2) is 18.2 Å². The number of likely N-dealkylation sites (N-methyl/N-ethyl adjacent to an activating group) is 2. The highest BCUT2D eigenvalue weighted by Gasteiger charge is 2.20. The van der Waals surface area contributed by atoms with E-state index in [4.69, 9.17) is 0 Å². The number of para-hydroxylation sites is 1. The van der Waals surface area contributed by atoms with Crippen molar-refractivity contribution in [3.05, 3.63) is 23.8 Å². The summed E-state index contributed by atoms with van der Waals surface area (Å²) >= 11 is 0. The lowest BCUT2D eigenvalue weighted by atomic mass is 10.1. The Morgan fingerprint density at radius 3 is 2.79 bits per heavy atom. The highest BCUT2D eigenvalue weighted by Crippen LogP contribution is 2.28. The summed E-state index contributed by atoms with van der Waals surface area (Å²) in [4.78, 5) is 25.1. The number of hydrogen-bond acceptors (Lipinski definition) is 4. The van der Waals surface area contributed by atoms with Gasteiger partial charge in [-0.25, -0.2) is 0 Å². The van der Waals surface area contributed by atoms with E-state index in [9.17, 15) is 9.59 Å². The SMILES string of the molecule is CNC(=O)CN(C)C(=O)c1cccc2c1NCCN2. The second-order valence-electron chi connectivity index (χ2n) is 4.42. The van der Waals surface area contributed by atoms with E-state index in [1.165, 1.54) is 4.90 Å². The lowest BCUT2D eigenvalue weighted by Crippen LogP contribution is -2.37. The molecule has 0 fully saturated rings. The Morgan fingerprint density at radius 1 is 1.32 bits per heavy atom. The Labute approximate surface area is 112 Å². The number of nitrogens with one attached hydrogen (secondary N) is 3. The van der Waals surface area contributed by atoms with Crippen molar-refractivity contribution >= 4 is 23.2 Å². The zero-order chi connectivity index (χ0) is 13.8. The molecular formula is C13H18N4O2. The van der Waals surface area contributed by atoms with Crippen LogP contribution >= 0.6 is 0 Å². The molecule has 102 valence electrons. The van der Waals surface area contributed by atoms with Crippen LogP contribution in [-0.2, 0) is 4.79 Å². The molecule has 6 nitrogen and oxygen atoms in total. The van der Waals surface area contributed by atoms with Crippen LogP contribution in [0.4, 0.5) is 11.4 Å². The van der Waals surface area contributed by atoms with Crippen molar-refractivity contribution in [2.75, 3.05) is 44.4 Å². The van der Waals surface area contributed by atoms with E-state index in [-0.39, 0.29) is 18.4 Å². The maximum Gasteiger partial charge on any atom is 0.256 e. The monoisotopic (exact) mass is 262 g/mol. The molecule has 6 heteroatoms. The van der Waals surface area contributed by atoms with Crippen molar-refractivity contribution in [1.29, 1.82) is 0 Å². The number of anilines is 2. The van der Waals surface area contributed by atoms with Gasteiger partial charge in [0.05, 0.1) is 23.5 Å². The first-order chi connectivity index (χ1) is 9.13. The summed E-state index contributed by atoms with van der Waals surface area (Å²) in [6.45, 7) is 1.65. The third-order valence-electron chi connectivity index (χ3n) is 3.04. The number of nitrogens with zero attached hydrogens (tertiary/aromatic N) is 1. The summed E-state index contributed by atoms with van der Waals surface area (Å²) in [6, 6.07) is 5.53. The summed E-state index contributed by atoms with van der Waals surface area (Å²) in [5.74, 6) is -0.358. The van der Waals surface area contributed by atoms with Gasteiger partial charge in [-0.3, -0.25) is 9.59 Å². The van der Waals surface area contributed by atoms with Crippen molar-refractivity contribution in [2.24, 2.45) is 0 Å². The zero-order valence-electron chi connectivity index (χ0n) is 11.1. The molecule has 1 aliphatic heterocycles. The van der Waals surface area contributed by atoms with E-state index in [0.29, 0.717) is 5.56 Å². The second-order valence-corrected chi connectivity index (χ2v) is 4.42. The van der Waals surface area contributed by atoms with Gasteiger partial charge < -0.3 is 20.9 Å². The molecule has 2 rings (SSSR count). The molecule has 0 bridgehead atoms. The molecule has 0 aliphatic carbocycles. The Bertz CT molecular complexity index is 501. The van der Waals surface area contributed by atoms with Crippen molar-refractivity contribution in [1.82, 2.24) is 10.2 Å². The molecule has 1 aromatic carbocycles. The van der Waals surface area contributed by atoms with Crippen LogP contribution in [0.1, 0.15) is 10.4 Å². The molecule has 2 amide bonds. The molecule has 0 saturated heterocycles. The quantitative estimate of drug-likeness (QED) is 0.734. The molecule has 0 atom stereocenters. The maximum absolute atomic E-state index is 12.3. The second kappa shape index (κ2) is 5.60. The molecule has 0 aromatic heterocycles. The minimum Gasteiger partial charge on any atom is -0.382 e. The van der Waals surface area contributed by atoms with Crippen molar-refractivity contribution in [3.63, 3.8) is 0 Å². The molecule has 3 N–H and O–H groups in total. The van der Waals surface area contributed by atoms with Gasteiger partial charge in [0.15, 0.2) is 0 Å². The lowest BCUT2D eigenvalue weighted by Gasteiger charge is -2.24. The van der Waals surface area contributed by atoms with Crippen LogP contribution in [0, 0.1) is 0 Å². The Morgan fingerprint density at radius 2 is 2.05 bits per heavy atom. The summed E-state index contributed by atoms with van der Waals surface area (Å²) in [5, 5.41) is 8.96. The summed E-state index contributed by atoms with van der Waals surface area (Å²) in [7, 11) is 3.17. The van der Waals surface area contributed by atoms with Crippen LogP contribution in [-0.4, -0.2) is 50.4 Å². The van der Waals surface area contributed by atoms with Gasteiger partial charge in [0.2, 0.25) is 5.91 Å². The lowest BCUT2D eigenvalue weighted by molar-refractivity contribution is -0.121. The van der Waals surface area contributed by atoms with Crippen LogP contribution in [0.2, 0.25) is 0 Å². The topological polar surface area (TPSA) is 73.5 Å². The van der Waals surface area contributed by atoms with E-state index in [0.717, 1.165) is 24.5 Å². The molecule has 0 spiro atoms. The van der Waals surface area contributed by atoms with E-state index in [1.54, 1.807) is 20.2 Å². The molecule has 1 aliphatic rings. The van der Waals surface area contributed by atoms with E-state index in [1.807, 2.05) is 12.1 Å². The van der Waals surface area contributed by atoms with Crippen LogP contribution in [0.25, 0.3) is 0 Å². The number of rotatable bonds is 3. The minimum absolute atomic E-state index is 0.0480. The standard InChI is InChI=1S/C13H18N4O2/c1-14-11(18)8-17(2)13(19)9-4-3-5-10-12(9)16-7-6-15-10/h3-5,15-16H,6-8H2,1-2H3,(H,14,18). The van der Waals surface area contributed by atoms with Gasteiger partial charge in [-0.2, -0.15) is 0 Å². The normalized spacial score (nSPS) is 12.7. The fourth-order valence-electron chi connectivity index (χ4n) is 2.02.